The van der Waals surface area contributed by atoms with Gasteiger partial charge in [-0.15, -0.1) is 0 Å². The Kier molecular flexibility index (Phi) is 5.51. The molecule has 3 aromatic heterocycles. The van der Waals surface area contributed by atoms with Crippen LogP contribution in [0, 0.1) is 11.3 Å². The van der Waals surface area contributed by atoms with Crippen molar-refractivity contribution in [2.45, 2.75) is 51.0 Å². The molecule has 2 N–H and O–H groups in total. The molecule has 6 rings (SSSR count). The van der Waals surface area contributed by atoms with Gasteiger partial charge in [-0.05, 0) is 37.7 Å². The molecule has 10 nitrogen and oxygen atoms in total. The predicted molar refractivity (Wildman–Crippen MR) is 125 cm³/mol. The molecule has 3 aromatic rings. The number of Topliss-reactive ketones (excluding diaryl/α,β-unsaturated/α-hetero) is 1. The van der Waals surface area contributed by atoms with Gasteiger partial charge in [0.1, 0.15) is 17.2 Å². The number of aromatic nitrogens is 5. The Morgan fingerprint density at radius 3 is 2.64 bits per heavy atom. The van der Waals surface area contributed by atoms with Crippen LogP contribution >= 0.6 is 0 Å². The maximum atomic E-state index is 13.8. The first-order chi connectivity index (χ1) is 17.3. The van der Waals surface area contributed by atoms with E-state index in [1.165, 1.54) is 21.6 Å². The molecule has 3 fully saturated rings. The molecule has 0 unspecified atom stereocenters. The summed E-state index contributed by atoms with van der Waals surface area (Å²) in [7, 11) is 0. The number of halogens is 2. The van der Waals surface area contributed by atoms with Crippen molar-refractivity contribution in [3.05, 3.63) is 35.9 Å². The highest BCUT2D eigenvalue weighted by Crippen LogP contribution is 2.47. The molecule has 0 atom stereocenters. The average molecular weight is 500 g/mol. The molecular formula is C24H27F2N7O3. The van der Waals surface area contributed by atoms with Gasteiger partial charge in [0.15, 0.2) is 11.3 Å². The van der Waals surface area contributed by atoms with Crippen molar-refractivity contribution in [3.8, 4) is 0 Å². The maximum absolute atomic E-state index is 13.8. The number of anilines is 2. The lowest BCUT2D eigenvalue weighted by Gasteiger charge is -2.55. The SMILES string of the molecule is O=C1CC2(C1)CN(c1ccn3ncc(C(=O)Nc4cn(C5CCC(CO)CC5)nc4C(F)F)c3n1)C2. The van der Waals surface area contributed by atoms with E-state index in [0.29, 0.717) is 24.3 Å². The van der Waals surface area contributed by atoms with Crippen LogP contribution in [0.4, 0.5) is 20.3 Å². The van der Waals surface area contributed by atoms with Crippen LogP contribution in [0.1, 0.15) is 67.0 Å². The predicted octanol–water partition coefficient (Wildman–Crippen LogP) is 3.01. The van der Waals surface area contributed by atoms with Crippen molar-refractivity contribution >= 4 is 28.8 Å². The first-order valence-electron chi connectivity index (χ1n) is 12.2. The van der Waals surface area contributed by atoms with Crippen LogP contribution < -0.4 is 10.2 Å². The summed E-state index contributed by atoms with van der Waals surface area (Å²) >= 11 is 0. The molecule has 2 aliphatic carbocycles. The van der Waals surface area contributed by atoms with Gasteiger partial charge < -0.3 is 15.3 Å². The summed E-state index contributed by atoms with van der Waals surface area (Å²) in [6, 6.07) is 1.75. The van der Waals surface area contributed by atoms with E-state index in [9.17, 15) is 23.5 Å². The minimum absolute atomic E-state index is 0.0332. The van der Waals surface area contributed by atoms with Crippen LogP contribution in [-0.2, 0) is 4.79 Å². The maximum Gasteiger partial charge on any atom is 0.284 e. The second-order valence-electron chi connectivity index (χ2n) is 10.4. The number of rotatable bonds is 6. The fraction of sp³-hybridized carbons (Fsp3) is 0.542. The number of amides is 1. The van der Waals surface area contributed by atoms with E-state index in [1.807, 2.05) is 0 Å². The summed E-state index contributed by atoms with van der Waals surface area (Å²) < 4.78 is 30.5. The van der Waals surface area contributed by atoms with Crippen LogP contribution in [0.2, 0.25) is 0 Å². The van der Waals surface area contributed by atoms with Gasteiger partial charge in [-0.2, -0.15) is 10.2 Å². The number of fused-ring (bicyclic) bond motifs is 1. The monoisotopic (exact) mass is 499 g/mol. The van der Waals surface area contributed by atoms with Crippen molar-refractivity contribution in [2.75, 3.05) is 29.9 Å². The van der Waals surface area contributed by atoms with E-state index < -0.39 is 18.0 Å². The molecular weight excluding hydrogens is 472 g/mol. The molecule has 1 aliphatic heterocycles. The Morgan fingerprint density at radius 1 is 1.22 bits per heavy atom. The minimum Gasteiger partial charge on any atom is -0.396 e. The zero-order valence-electron chi connectivity index (χ0n) is 19.6. The van der Waals surface area contributed by atoms with Gasteiger partial charge in [0.05, 0.1) is 17.9 Å². The van der Waals surface area contributed by atoms with Crippen LogP contribution in [0.25, 0.3) is 5.65 Å². The third-order valence-corrected chi connectivity index (χ3v) is 7.78. The zero-order valence-corrected chi connectivity index (χ0v) is 19.6. The second kappa shape index (κ2) is 8.61. The molecule has 0 radical (unpaired) electrons. The van der Waals surface area contributed by atoms with Crippen molar-refractivity contribution < 1.29 is 23.5 Å². The van der Waals surface area contributed by atoms with Crippen molar-refractivity contribution in [1.29, 1.82) is 0 Å². The summed E-state index contributed by atoms with van der Waals surface area (Å²) in [5, 5.41) is 20.2. The van der Waals surface area contributed by atoms with Gasteiger partial charge in [-0.3, -0.25) is 14.3 Å². The Bertz CT molecular complexity index is 1310. The highest BCUT2D eigenvalue weighted by Gasteiger charge is 2.52. The first-order valence-corrected chi connectivity index (χ1v) is 12.2. The highest BCUT2D eigenvalue weighted by atomic mass is 19.3. The van der Waals surface area contributed by atoms with Gasteiger partial charge >= 0.3 is 0 Å². The molecule has 1 saturated heterocycles. The number of nitrogens with zero attached hydrogens (tertiary/aromatic N) is 6. The normalized spacial score (nSPS) is 23.2. The number of alkyl halides is 2. The summed E-state index contributed by atoms with van der Waals surface area (Å²) in [6.07, 6.45) is 5.97. The second-order valence-corrected chi connectivity index (χ2v) is 10.4. The van der Waals surface area contributed by atoms with Gasteiger partial charge in [-0.25, -0.2) is 18.3 Å². The summed E-state index contributed by atoms with van der Waals surface area (Å²) in [6.45, 7) is 1.62. The lowest BCUT2D eigenvalue weighted by molar-refractivity contribution is -0.134. The number of hydrogen-bond donors (Lipinski definition) is 2. The van der Waals surface area contributed by atoms with Crippen molar-refractivity contribution in [2.24, 2.45) is 11.3 Å². The molecule has 2 saturated carbocycles. The Hall–Kier alpha value is -3.41. The van der Waals surface area contributed by atoms with E-state index in [0.717, 1.165) is 38.8 Å². The van der Waals surface area contributed by atoms with Crippen LogP contribution in [-0.4, -0.2) is 60.9 Å². The molecule has 4 heterocycles. The summed E-state index contributed by atoms with van der Waals surface area (Å²) in [5.41, 5.74) is 0.0493. The highest BCUT2D eigenvalue weighted by molar-refractivity contribution is 6.08. The van der Waals surface area contributed by atoms with E-state index >= 15 is 0 Å². The van der Waals surface area contributed by atoms with Crippen LogP contribution in [0.3, 0.4) is 0 Å². The topological polar surface area (TPSA) is 118 Å². The van der Waals surface area contributed by atoms with Gasteiger partial charge in [0.25, 0.3) is 12.3 Å². The van der Waals surface area contributed by atoms with Crippen LogP contribution in [0.15, 0.2) is 24.7 Å². The molecule has 1 amide bonds. The third-order valence-electron chi connectivity index (χ3n) is 7.78. The van der Waals surface area contributed by atoms with Gasteiger partial charge in [-0.1, -0.05) is 0 Å². The number of aliphatic hydroxyl groups is 1. The van der Waals surface area contributed by atoms with E-state index in [2.05, 4.69) is 25.4 Å². The lowest BCUT2D eigenvalue weighted by atomic mass is 9.63. The molecule has 1 spiro atoms. The average Bonchev–Trinajstić information content (AvgIpc) is 3.44. The van der Waals surface area contributed by atoms with Gasteiger partial charge in [0.2, 0.25) is 0 Å². The molecule has 0 aromatic carbocycles. The lowest BCUT2D eigenvalue weighted by Crippen LogP contribution is -2.63. The minimum atomic E-state index is -2.85. The van der Waals surface area contributed by atoms with E-state index in [1.54, 1.807) is 12.3 Å². The number of aliphatic hydroxyl groups excluding tert-OH is 1. The molecule has 36 heavy (non-hydrogen) atoms. The molecule has 3 aliphatic rings. The molecule has 190 valence electrons. The Labute approximate surface area is 205 Å². The third kappa shape index (κ3) is 3.93. The Morgan fingerprint density at radius 2 is 1.97 bits per heavy atom. The number of nitrogens with one attached hydrogen (secondary N) is 1. The fourth-order valence-electron chi connectivity index (χ4n) is 5.76. The summed E-state index contributed by atoms with van der Waals surface area (Å²) in [5.74, 6) is 0.611. The smallest absolute Gasteiger partial charge is 0.284 e. The van der Waals surface area contributed by atoms with Crippen molar-refractivity contribution in [3.63, 3.8) is 0 Å². The number of hydrogen-bond acceptors (Lipinski definition) is 7. The van der Waals surface area contributed by atoms with E-state index in [4.69, 9.17) is 0 Å². The molecule has 12 heteroatoms. The Balaban J connectivity index is 1.21. The number of carbonyl (C=O) groups excluding carboxylic acids is 2. The zero-order chi connectivity index (χ0) is 25.0. The van der Waals surface area contributed by atoms with Gasteiger partial charge in [0, 0.05) is 50.3 Å². The number of carbonyl (C=O) groups is 2. The summed E-state index contributed by atoms with van der Waals surface area (Å²) in [4.78, 5) is 31.2. The van der Waals surface area contributed by atoms with E-state index in [-0.39, 0.29) is 41.0 Å². The number of ketones is 1. The quantitative estimate of drug-likeness (QED) is 0.535. The first kappa shape index (κ1) is 23.0. The van der Waals surface area contributed by atoms with Crippen LogP contribution in [0.5, 0.6) is 0 Å². The van der Waals surface area contributed by atoms with Crippen molar-refractivity contribution in [1.82, 2.24) is 24.4 Å². The standard InChI is InChI=1S/C24H27F2N7O3/c25-21(26)20-18(10-33(30-20)15-3-1-14(11-34)2-4-15)28-23(36)17-9-27-32-6-5-19(29-22(17)32)31-12-24(13-31)7-16(35)8-24/h5-6,9-10,14-15,21,34H,1-4,7-8,11-13H2,(H,28,36). The largest absolute Gasteiger partial charge is 0.396 e. The fourth-order valence-corrected chi connectivity index (χ4v) is 5.76. The molecule has 0 bridgehead atoms.